The zero-order valence-electron chi connectivity index (χ0n) is 16.4. The smallest absolute Gasteiger partial charge is 0.335 e. The van der Waals surface area contributed by atoms with Crippen LogP contribution in [0.4, 0.5) is 5.69 Å². The molecule has 158 valence electrons. The Bertz CT molecular complexity index is 792. The first kappa shape index (κ1) is 22.2. The molecule has 0 amide bonds. The minimum Gasteiger partial charge on any atom is -0.494 e. The Balaban J connectivity index is 2.20. The molecule has 1 saturated heterocycles. The van der Waals surface area contributed by atoms with E-state index in [0.29, 0.717) is 11.3 Å². The molecule has 1 aliphatic rings. The van der Waals surface area contributed by atoms with Crippen molar-refractivity contribution in [1.29, 1.82) is 0 Å². The van der Waals surface area contributed by atoms with Crippen LogP contribution in [0, 0.1) is 10.1 Å². The molecule has 0 spiro atoms. The lowest BCUT2D eigenvalue weighted by molar-refractivity contribution is -0.386. The van der Waals surface area contributed by atoms with Crippen LogP contribution in [-0.4, -0.2) is 42.5 Å². The number of esters is 2. The van der Waals surface area contributed by atoms with Crippen molar-refractivity contribution in [2.45, 2.75) is 51.8 Å². The van der Waals surface area contributed by atoms with E-state index in [1.54, 1.807) is 13.0 Å². The van der Waals surface area contributed by atoms with Crippen LogP contribution in [0.3, 0.4) is 0 Å². The Morgan fingerprint density at radius 3 is 2.62 bits per heavy atom. The first-order valence-corrected chi connectivity index (χ1v) is 8.82. The second-order valence-electron chi connectivity index (χ2n) is 6.45. The molecule has 1 heterocycles. The van der Waals surface area contributed by atoms with Gasteiger partial charge in [0.1, 0.15) is 12.7 Å². The van der Waals surface area contributed by atoms with Crippen LogP contribution in [0.25, 0.3) is 0 Å². The second-order valence-corrected chi connectivity index (χ2v) is 6.45. The lowest BCUT2D eigenvalue weighted by atomic mass is 10.0. The molecule has 3 unspecified atom stereocenters. The van der Waals surface area contributed by atoms with Gasteiger partial charge in [0.2, 0.25) is 6.29 Å². The first-order valence-electron chi connectivity index (χ1n) is 8.82. The topological polar surface area (TPSA) is 123 Å². The van der Waals surface area contributed by atoms with Crippen molar-refractivity contribution in [3.8, 4) is 5.75 Å². The SMILES string of the molecule is C=C(C)OCc1ccc(OC2CC(OC(C)=O)CC(C(=O)OC)O2)c([N+](=O)[O-])c1. The molecular formula is C19H23NO9. The van der Waals surface area contributed by atoms with Crippen LogP contribution in [0.15, 0.2) is 30.5 Å². The maximum Gasteiger partial charge on any atom is 0.335 e. The van der Waals surface area contributed by atoms with Gasteiger partial charge in [-0.3, -0.25) is 14.9 Å². The maximum absolute atomic E-state index is 11.9. The number of carbonyl (C=O) groups excluding carboxylic acids is 2. The van der Waals surface area contributed by atoms with E-state index in [1.807, 2.05) is 0 Å². The number of allylic oxidation sites excluding steroid dienone is 1. The fourth-order valence-electron chi connectivity index (χ4n) is 2.78. The van der Waals surface area contributed by atoms with E-state index < -0.39 is 35.4 Å². The largest absolute Gasteiger partial charge is 0.494 e. The molecule has 29 heavy (non-hydrogen) atoms. The van der Waals surface area contributed by atoms with Crippen LogP contribution in [-0.2, 0) is 35.1 Å². The number of methoxy groups -OCH3 is 1. The highest BCUT2D eigenvalue weighted by Gasteiger charge is 2.38. The number of nitro groups is 1. The number of hydrogen-bond donors (Lipinski definition) is 0. The third kappa shape index (κ3) is 6.46. The quantitative estimate of drug-likeness (QED) is 0.276. The Kier molecular flexibility index (Phi) is 7.54. The van der Waals surface area contributed by atoms with E-state index in [-0.39, 0.29) is 30.9 Å². The maximum atomic E-state index is 11.9. The molecule has 0 saturated carbocycles. The van der Waals surface area contributed by atoms with E-state index in [9.17, 15) is 19.7 Å². The Labute approximate surface area is 167 Å². The first-order chi connectivity index (χ1) is 13.7. The summed E-state index contributed by atoms with van der Waals surface area (Å²) in [4.78, 5) is 34.0. The fraction of sp³-hybridized carbons (Fsp3) is 0.474. The molecule has 0 bridgehead atoms. The molecular weight excluding hydrogens is 386 g/mol. The van der Waals surface area contributed by atoms with Gasteiger partial charge in [-0.25, -0.2) is 4.79 Å². The second kappa shape index (κ2) is 9.87. The van der Waals surface area contributed by atoms with Gasteiger partial charge < -0.3 is 23.7 Å². The average molecular weight is 409 g/mol. The summed E-state index contributed by atoms with van der Waals surface area (Å²) in [6.45, 7) is 6.64. The van der Waals surface area contributed by atoms with Gasteiger partial charge in [-0.1, -0.05) is 12.6 Å². The summed E-state index contributed by atoms with van der Waals surface area (Å²) in [5.74, 6) is -0.746. The zero-order valence-corrected chi connectivity index (χ0v) is 16.4. The molecule has 1 aromatic carbocycles. The third-order valence-electron chi connectivity index (χ3n) is 4.01. The number of benzene rings is 1. The van der Waals surface area contributed by atoms with Gasteiger partial charge in [-0.15, -0.1) is 0 Å². The zero-order chi connectivity index (χ0) is 21.6. The van der Waals surface area contributed by atoms with E-state index in [0.717, 1.165) is 0 Å². The van der Waals surface area contributed by atoms with Gasteiger partial charge in [0, 0.05) is 25.8 Å². The molecule has 10 nitrogen and oxygen atoms in total. The molecule has 0 radical (unpaired) electrons. The number of carbonyl (C=O) groups is 2. The monoisotopic (exact) mass is 409 g/mol. The summed E-state index contributed by atoms with van der Waals surface area (Å²) < 4.78 is 26.3. The Hall–Kier alpha value is -3.14. The van der Waals surface area contributed by atoms with E-state index in [1.165, 1.54) is 26.2 Å². The molecule has 1 aromatic rings. The van der Waals surface area contributed by atoms with E-state index in [2.05, 4.69) is 11.3 Å². The molecule has 0 N–H and O–H groups in total. The van der Waals surface area contributed by atoms with E-state index in [4.69, 9.17) is 18.9 Å². The molecule has 0 aliphatic carbocycles. The minimum absolute atomic E-state index is 0.0498. The van der Waals surface area contributed by atoms with Crippen molar-refractivity contribution < 1.29 is 38.2 Å². The number of rotatable bonds is 8. The Morgan fingerprint density at radius 2 is 2.03 bits per heavy atom. The van der Waals surface area contributed by atoms with Crippen molar-refractivity contribution in [2.75, 3.05) is 7.11 Å². The fourth-order valence-corrected chi connectivity index (χ4v) is 2.78. The normalized spacial score (nSPS) is 21.0. The number of nitro benzene ring substituents is 1. The van der Waals surface area contributed by atoms with Crippen molar-refractivity contribution in [3.05, 3.63) is 46.2 Å². The average Bonchev–Trinajstić information content (AvgIpc) is 2.65. The highest BCUT2D eigenvalue weighted by molar-refractivity contribution is 5.74. The molecule has 1 fully saturated rings. The van der Waals surface area contributed by atoms with Crippen LogP contribution >= 0.6 is 0 Å². The van der Waals surface area contributed by atoms with Gasteiger partial charge in [0.05, 0.1) is 17.8 Å². The van der Waals surface area contributed by atoms with Gasteiger partial charge in [-0.05, 0) is 18.6 Å². The lowest BCUT2D eigenvalue weighted by Gasteiger charge is -2.33. The summed E-state index contributed by atoms with van der Waals surface area (Å²) >= 11 is 0. The lowest BCUT2D eigenvalue weighted by Crippen LogP contribution is -2.44. The molecule has 2 rings (SSSR count). The molecule has 3 atom stereocenters. The number of hydrogen-bond acceptors (Lipinski definition) is 9. The third-order valence-corrected chi connectivity index (χ3v) is 4.01. The van der Waals surface area contributed by atoms with Crippen molar-refractivity contribution in [3.63, 3.8) is 0 Å². The number of nitrogens with zero attached hydrogens (tertiary/aromatic N) is 1. The van der Waals surface area contributed by atoms with E-state index >= 15 is 0 Å². The highest BCUT2D eigenvalue weighted by Crippen LogP contribution is 2.32. The highest BCUT2D eigenvalue weighted by atomic mass is 16.7. The van der Waals surface area contributed by atoms with Crippen molar-refractivity contribution in [2.24, 2.45) is 0 Å². The predicted molar refractivity (Wildman–Crippen MR) is 98.8 cm³/mol. The minimum atomic E-state index is -1.05. The van der Waals surface area contributed by atoms with Crippen molar-refractivity contribution in [1.82, 2.24) is 0 Å². The van der Waals surface area contributed by atoms with Crippen molar-refractivity contribution >= 4 is 17.6 Å². The molecule has 0 aromatic heterocycles. The summed E-state index contributed by atoms with van der Waals surface area (Å²) in [6.07, 6.45) is -2.52. The van der Waals surface area contributed by atoms with Crippen LogP contribution in [0.1, 0.15) is 32.3 Å². The van der Waals surface area contributed by atoms with Gasteiger partial charge in [0.25, 0.3) is 0 Å². The predicted octanol–water partition coefficient (Wildman–Crippen LogP) is 2.63. The van der Waals surface area contributed by atoms with Crippen LogP contribution in [0.5, 0.6) is 5.75 Å². The van der Waals surface area contributed by atoms with Crippen LogP contribution < -0.4 is 4.74 Å². The summed E-state index contributed by atoms with van der Waals surface area (Å²) in [7, 11) is 1.20. The molecule has 1 aliphatic heterocycles. The summed E-state index contributed by atoms with van der Waals surface area (Å²) in [6, 6.07) is 4.35. The Morgan fingerprint density at radius 1 is 1.31 bits per heavy atom. The molecule has 10 heteroatoms. The van der Waals surface area contributed by atoms with Gasteiger partial charge >= 0.3 is 17.6 Å². The van der Waals surface area contributed by atoms with Gasteiger partial charge in [0.15, 0.2) is 11.9 Å². The number of ether oxygens (including phenoxy) is 5. The van der Waals surface area contributed by atoms with Crippen LogP contribution in [0.2, 0.25) is 0 Å². The standard InChI is InChI=1S/C19H23NO9/c1-11(2)26-10-13-5-6-16(15(7-13)20(23)24)28-18-9-14(27-12(3)21)8-17(29-18)19(22)25-4/h5-7,14,17-18H,1,8-10H2,2-4H3. The summed E-state index contributed by atoms with van der Waals surface area (Å²) in [5.41, 5.74) is 0.266. The van der Waals surface area contributed by atoms with Gasteiger partial charge in [-0.2, -0.15) is 0 Å². The summed E-state index contributed by atoms with van der Waals surface area (Å²) in [5, 5.41) is 11.5.